The lowest BCUT2D eigenvalue weighted by Crippen LogP contribution is -2.20. The molecule has 0 aliphatic carbocycles. The second-order valence-corrected chi connectivity index (χ2v) is 9.27. The van der Waals surface area contributed by atoms with Gasteiger partial charge in [0.1, 0.15) is 0 Å². The van der Waals surface area contributed by atoms with Crippen molar-refractivity contribution in [2.24, 2.45) is 0 Å². The van der Waals surface area contributed by atoms with Crippen molar-refractivity contribution < 1.29 is 13.2 Å². The number of rotatable bonds is 5. The van der Waals surface area contributed by atoms with Crippen molar-refractivity contribution in [1.82, 2.24) is 0 Å². The van der Waals surface area contributed by atoms with Crippen molar-refractivity contribution >= 4 is 38.9 Å². The van der Waals surface area contributed by atoms with Crippen molar-refractivity contribution in [3.63, 3.8) is 0 Å². The SMILES string of the molecule is N#CC(c1ccccc1)c1ccc(NS(=O)(=O)c2ccc3c(c2)CCC(=O)N3)cc1Cl. The van der Waals surface area contributed by atoms with Gasteiger partial charge >= 0.3 is 0 Å². The maximum absolute atomic E-state index is 12.9. The third-order valence-electron chi connectivity index (χ3n) is 5.11. The van der Waals surface area contributed by atoms with Gasteiger partial charge < -0.3 is 5.32 Å². The fourth-order valence-corrected chi connectivity index (χ4v) is 4.92. The first-order chi connectivity index (χ1) is 14.9. The summed E-state index contributed by atoms with van der Waals surface area (Å²) in [6.07, 6.45) is 0.808. The molecule has 4 rings (SSSR count). The molecular formula is C23H18ClN3O3S. The Morgan fingerprint density at radius 2 is 1.81 bits per heavy atom. The van der Waals surface area contributed by atoms with Crippen LogP contribution in [0.3, 0.4) is 0 Å². The highest BCUT2D eigenvalue weighted by molar-refractivity contribution is 7.92. The van der Waals surface area contributed by atoms with Gasteiger partial charge in [0, 0.05) is 17.1 Å². The lowest BCUT2D eigenvalue weighted by molar-refractivity contribution is -0.116. The van der Waals surface area contributed by atoms with Gasteiger partial charge in [0.2, 0.25) is 5.91 Å². The van der Waals surface area contributed by atoms with Crippen LogP contribution in [-0.4, -0.2) is 14.3 Å². The first-order valence-corrected chi connectivity index (χ1v) is 11.4. The summed E-state index contributed by atoms with van der Waals surface area (Å²) in [6.45, 7) is 0. The molecule has 8 heteroatoms. The minimum absolute atomic E-state index is 0.0814. The number of nitrogens with zero attached hydrogens (tertiary/aromatic N) is 1. The number of hydrogen-bond donors (Lipinski definition) is 2. The van der Waals surface area contributed by atoms with E-state index in [0.29, 0.717) is 34.8 Å². The molecule has 156 valence electrons. The van der Waals surface area contributed by atoms with Crippen molar-refractivity contribution in [2.75, 3.05) is 10.0 Å². The Kier molecular flexibility index (Phi) is 5.68. The minimum Gasteiger partial charge on any atom is -0.326 e. The van der Waals surface area contributed by atoms with Crippen LogP contribution in [0.15, 0.2) is 71.6 Å². The Morgan fingerprint density at radius 3 is 2.52 bits per heavy atom. The number of aryl methyl sites for hydroxylation is 1. The van der Waals surface area contributed by atoms with Gasteiger partial charge in [0.15, 0.2) is 0 Å². The van der Waals surface area contributed by atoms with Crippen LogP contribution in [0.5, 0.6) is 0 Å². The van der Waals surface area contributed by atoms with E-state index in [-0.39, 0.29) is 10.8 Å². The standard InChI is InChI=1S/C23H18ClN3O3S/c24-21-13-17(7-9-19(21)20(14-25)15-4-2-1-3-5-15)27-31(29,30)18-8-10-22-16(12-18)6-11-23(28)26-22/h1-5,7-10,12-13,20,27H,6,11H2,(H,26,28). The zero-order chi connectivity index (χ0) is 22.0. The summed E-state index contributed by atoms with van der Waals surface area (Å²) in [4.78, 5) is 11.6. The third kappa shape index (κ3) is 4.41. The molecule has 31 heavy (non-hydrogen) atoms. The quantitative estimate of drug-likeness (QED) is 0.588. The van der Waals surface area contributed by atoms with Crippen LogP contribution in [0.25, 0.3) is 0 Å². The van der Waals surface area contributed by atoms with Crippen LogP contribution >= 0.6 is 11.6 Å². The molecule has 3 aromatic carbocycles. The van der Waals surface area contributed by atoms with Gasteiger partial charge in [0.25, 0.3) is 10.0 Å². The Balaban J connectivity index is 1.59. The molecule has 1 unspecified atom stereocenters. The second-order valence-electron chi connectivity index (χ2n) is 7.18. The Labute approximate surface area is 185 Å². The van der Waals surface area contributed by atoms with E-state index >= 15 is 0 Å². The zero-order valence-corrected chi connectivity index (χ0v) is 17.9. The van der Waals surface area contributed by atoms with E-state index in [0.717, 1.165) is 11.1 Å². The third-order valence-corrected chi connectivity index (χ3v) is 6.81. The number of carbonyl (C=O) groups is 1. The molecule has 0 saturated heterocycles. The number of fused-ring (bicyclic) bond motifs is 1. The Hall–Kier alpha value is -3.34. The van der Waals surface area contributed by atoms with Gasteiger partial charge in [-0.2, -0.15) is 5.26 Å². The van der Waals surface area contributed by atoms with E-state index in [1.165, 1.54) is 12.1 Å². The summed E-state index contributed by atoms with van der Waals surface area (Å²) in [5.41, 5.74) is 3.11. The molecule has 6 nitrogen and oxygen atoms in total. The largest absolute Gasteiger partial charge is 0.326 e. The molecule has 0 saturated carbocycles. The first kappa shape index (κ1) is 20.9. The summed E-state index contributed by atoms with van der Waals surface area (Å²) in [5.74, 6) is -0.641. The van der Waals surface area contributed by atoms with Crippen molar-refractivity contribution in [3.05, 3.63) is 88.4 Å². The molecule has 0 radical (unpaired) electrons. The van der Waals surface area contributed by atoms with Crippen LogP contribution in [0.2, 0.25) is 5.02 Å². The van der Waals surface area contributed by atoms with Crippen molar-refractivity contribution in [3.8, 4) is 6.07 Å². The highest BCUT2D eigenvalue weighted by Crippen LogP contribution is 2.33. The molecule has 0 bridgehead atoms. The molecule has 1 amide bonds. The topological polar surface area (TPSA) is 99.1 Å². The summed E-state index contributed by atoms with van der Waals surface area (Å²) in [6, 6.07) is 20.9. The summed E-state index contributed by atoms with van der Waals surface area (Å²) >= 11 is 6.41. The van der Waals surface area contributed by atoms with Gasteiger partial charge in [0.05, 0.1) is 22.6 Å². The average Bonchev–Trinajstić information content (AvgIpc) is 2.76. The highest BCUT2D eigenvalue weighted by Gasteiger charge is 2.21. The Morgan fingerprint density at radius 1 is 1.03 bits per heavy atom. The monoisotopic (exact) mass is 451 g/mol. The van der Waals surface area contributed by atoms with Gasteiger partial charge in [-0.05, 0) is 53.4 Å². The molecule has 1 heterocycles. The van der Waals surface area contributed by atoms with Crippen molar-refractivity contribution in [2.45, 2.75) is 23.7 Å². The lowest BCUT2D eigenvalue weighted by Gasteiger charge is -2.18. The summed E-state index contributed by atoms with van der Waals surface area (Å²) in [7, 11) is -3.85. The molecule has 0 spiro atoms. The second kappa shape index (κ2) is 8.42. The molecule has 1 atom stereocenters. The number of amides is 1. The smallest absolute Gasteiger partial charge is 0.261 e. The number of nitrogens with one attached hydrogen (secondary N) is 2. The fraction of sp³-hybridized carbons (Fsp3) is 0.130. The molecule has 1 aliphatic heterocycles. The van der Waals surface area contributed by atoms with Crippen LogP contribution in [0.1, 0.15) is 29.0 Å². The van der Waals surface area contributed by atoms with Crippen LogP contribution in [0, 0.1) is 11.3 Å². The fourth-order valence-electron chi connectivity index (χ4n) is 3.53. The van der Waals surface area contributed by atoms with Crippen molar-refractivity contribution in [1.29, 1.82) is 5.26 Å². The molecular weight excluding hydrogens is 434 g/mol. The number of nitriles is 1. The molecule has 3 aromatic rings. The Bertz CT molecular complexity index is 1300. The summed E-state index contributed by atoms with van der Waals surface area (Å²) in [5, 5.41) is 12.7. The van der Waals surface area contributed by atoms with E-state index in [9.17, 15) is 18.5 Å². The number of halogens is 1. The molecule has 0 aromatic heterocycles. The maximum atomic E-state index is 12.9. The predicted molar refractivity (Wildman–Crippen MR) is 120 cm³/mol. The van der Waals surface area contributed by atoms with Crippen LogP contribution in [-0.2, 0) is 21.2 Å². The minimum atomic E-state index is -3.85. The van der Waals surface area contributed by atoms with Crippen LogP contribution in [0.4, 0.5) is 11.4 Å². The molecule has 0 fully saturated rings. The van der Waals surface area contributed by atoms with E-state index in [1.54, 1.807) is 24.3 Å². The number of carbonyl (C=O) groups excluding carboxylic acids is 1. The van der Waals surface area contributed by atoms with E-state index in [4.69, 9.17) is 11.6 Å². The average molecular weight is 452 g/mol. The number of anilines is 2. The normalized spacial score (nSPS) is 14.1. The number of benzene rings is 3. The van der Waals surface area contributed by atoms with Gasteiger partial charge in [-0.15, -0.1) is 0 Å². The van der Waals surface area contributed by atoms with E-state index in [1.807, 2.05) is 30.3 Å². The van der Waals surface area contributed by atoms with E-state index < -0.39 is 15.9 Å². The predicted octanol–water partition coefficient (Wildman–Crippen LogP) is 4.68. The molecule has 2 N–H and O–H groups in total. The summed E-state index contributed by atoms with van der Waals surface area (Å²) < 4.78 is 28.3. The lowest BCUT2D eigenvalue weighted by atomic mass is 9.92. The van der Waals surface area contributed by atoms with Crippen LogP contribution < -0.4 is 10.0 Å². The zero-order valence-electron chi connectivity index (χ0n) is 16.3. The number of sulfonamides is 1. The highest BCUT2D eigenvalue weighted by atomic mass is 35.5. The maximum Gasteiger partial charge on any atom is 0.261 e. The van der Waals surface area contributed by atoms with Gasteiger partial charge in [-0.25, -0.2) is 8.42 Å². The van der Waals surface area contributed by atoms with Gasteiger partial charge in [-0.3, -0.25) is 9.52 Å². The molecule has 1 aliphatic rings. The first-order valence-electron chi connectivity index (χ1n) is 9.57. The van der Waals surface area contributed by atoms with Gasteiger partial charge in [-0.1, -0.05) is 48.0 Å². The number of hydrogen-bond acceptors (Lipinski definition) is 4. The van der Waals surface area contributed by atoms with E-state index in [2.05, 4.69) is 16.1 Å².